The number of benzene rings is 2. The van der Waals surface area contributed by atoms with Crippen molar-refractivity contribution in [3.8, 4) is 0 Å². The van der Waals surface area contributed by atoms with Crippen LogP contribution in [-0.4, -0.2) is 49.2 Å². The number of nitrogens with one attached hydrogen (secondary N) is 1. The summed E-state index contributed by atoms with van der Waals surface area (Å²) in [5.41, 5.74) is 2.05. The van der Waals surface area contributed by atoms with E-state index < -0.39 is 6.04 Å². The fourth-order valence-electron chi connectivity index (χ4n) is 3.47. The van der Waals surface area contributed by atoms with E-state index in [0.29, 0.717) is 18.2 Å². The quantitative estimate of drug-likeness (QED) is 0.650. The van der Waals surface area contributed by atoms with Gasteiger partial charge in [0.2, 0.25) is 5.91 Å². The molecule has 0 radical (unpaired) electrons. The zero-order valence-electron chi connectivity index (χ0n) is 17.1. The first-order valence-electron chi connectivity index (χ1n) is 10.1. The van der Waals surface area contributed by atoms with E-state index in [9.17, 15) is 9.59 Å². The second-order valence-corrected chi connectivity index (χ2v) is 7.84. The van der Waals surface area contributed by atoms with E-state index in [0.717, 1.165) is 18.7 Å². The van der Waals surface area contributed by atoms with E-state index in [1.807, 2.05) is 18.2 Å². The molecule has 1 amide bonds. The number of nitrogens with zero attached hydrogens (tertiary/aromatic N) is 1. The number of rotatable bonds is 8. The Morgan fingerprint density at radius 2 is 1.93 bits per heavy atom. The van der Waals surface area contributed by atoms with Gasteiger partial charge in [-0.3, -0.25) is 14.5 Å². The maximum atomic E-state index is 12.4. The van der Waals surface area contributed by atoms with Crippen LogP contribution < -0.4 is 5.32 Å². The molecule has 6 nitrogen and oxygen atoms in total. The van der Waals surface area contributed by atoms with E-state index in [-0.39, 0.29) is 31.0 Å². The molecule has 7 heteroatoms. The molecule has 0 saturated carbocycles. The summed E-state index contributed by atoms with van der Waals surface area (Å²) >= 11 is 5.93. The molecule has 1 N–H and O–H groups in total. The van der Waals surface area contributed by atoms with Gasteiger partial charge in [0.15, 0.2) is 0 Å². The van der Waals surface area contributed by atoms with E-state index in [1.54, 1.807) is 24.3 Å². The lowest BCUT2D eigenvalue weighted by atomic mass is 10.0. The van der Waals surface area contributed by atoms with Gasteiger partial charge in [-0.15, -0.1) is 0 Å². The normalized spacial score (nSPS) is 17.9. The standard InChI is InChI=1S/C23H27ClN2O4/c1-17(27)25-22(19-7-9-20(24)10-8-19)13-23(28)30-16-21-15-26(11-12-29-21)14-18-5-3-2-4-6-18/h2-10,21-22H,11-16H2,1H3,(H,25,27). The summed E-state index contributed by atoms with van der Waals surface area (Å²) in [6, 6.07) is 16.8. The van der Waals surface area contributed by atoms with Crippen molar-refractivity contribution in [3.63, 3.8) is 0 Å². The van der Waals surface area contributed by atoms with Crippen molar-refractivity contribution >= 4 is 23.5 Å². The Morgan fingerprint density at radius 1 is 1.20 bits per heavy atom. The SMILES string of the molecule is CC(=O)NC(CC(=O)OCC1CN(Cc2ccccc2)CCO1)c1ccc(Cl)cc1. The third-order valence-corrected chi connectivity index (χ3v) is 5.17. The summed E-state index contributed by atoms with van der Waals surface area (Å²) in [6.45, 7) is 4.61. The van der Waals surface area contributed by atoms with Crippen molar-refractivity contribution in [2.75, 3.05) is 26.3 Å². The minimum Gasteiger partial charge on any atom is -0.463 e. The molecule has 2 unspecified atom stereocenters. The molecule has 160 valence electrons. The van der Waals surface area contributed by atoms with Gasteiger partial charge in [-0.2, -0.15) is 0 Å². The monoisotopic (exact) mass is 430 g/mol. The van der Waals surface area contributed by atoms with Crippen LogP contribution in [-0.2, 0) is 25.6 Å². The molecule has 1 aliphatic rings. The highest BCUT2D eigenvalue weighted by Gasteiger charge is 2.23. The van der Waals surface area contributed by atoms with Gasteiger partial charge in [0.05, 0.1) is 19.1 Å². The molecule has 1 heterocycles. The van der Waals surface area contributed by atoms with Gasteiger partial charge in [0.1, 0.15) is 12.7 Å². The zero-order valence-corrected chi connectivity index (χ0v) is 17.8. The van der Waals surface area contributed by atoms with E-state index in [4.69, 9.17) is 21.1 Å². The van der Waals surface area contributed by atoms with Crippen LogP contribution in [0.25, 0.3) is 0 Å². The van der Waals surface area contributed by atoms with Crippen molar-refractivity contribution in [1.82, 2.24) is 10.2 Å². The van der Waals surface area contributed by atoms with Gasteiger partial charge < -0.3 is 14.8 Å². The molecule has 0 bridgehead atoms. The molecule has 0 aliphatic carbocycles. The van der Waals surface area contributed by atoms with E-state index >= 15 is 0 Å². The number of amides is 1. The van der Waals surface area contributed by atoms with Gasteiger partial charge >= 0.3 is 5.97 Å². The molecular formula is C23H27ClN2O4. The molecule has 0 aromatic heterocycles. The van der Waals surface area contributed by atoms with Gasteiger partial charge in [-0.1, -0.05) is 54.1 Å². The molecule has 30 heavy (non-hydrogen) atoms. The molecule has 1 fully saturated rings. The molecule has 1 saturated heterocycles. The first-order valence-corrected chi connectivity index (χ1v) is 10.4. The Labute approximate surface area is 182 Å². The average Bonchev–Trinajstić information content (AvgIpc) is 2.73. The van der Waals surface area contributed by atoms with E-state index in [1.165, 1.54) is 12.5 Å². The molecule has 2 aromatic carbocycles. The highest BCUT2D eigenvalue weighted by atomic mass is 35.5. The minimum absolute atomic E-state index is 0.0433. The molecular weight excluding hydrogens is 404 g/mol. The maximum absolute atomic E-state index is 12.4. The number of ether oxygens (including phenoxy) is 2. The highest BCUT2D eigenvalue weighted by molar-refractivity contribution is 6.30. The lowest BCUT2D eigenvalue weighted by Gasteiger charge is -2.32. The number of hydrogen-bond acceptors (Lipinski definition) is 5. The maximum Gasteiger partial charge on any atom is 0.308 e. The van der Waals surface area contributed by atoms with Crippen LogP contribution in [0.1, 0.15) is 30.5 Å². The summed E-state index contributed by atoms with van der Waals surface area (Å²) in [6.07, 6.45) is -0.122. The third kappa shape index (κ3) is 7.13. The van der Waals surface area contributed by atoms with Crippen molar-refractivity contribution in [1.29, 1.82) is 0 Å². The van der Waals surface area contributed by atoms with Crippen molar-refractivity contribution in [2.24, 2.45) is 0 Å². The molecule has 2 atom stereocenters. The first-order chi connectivity index (χ1) is 14.5. The Kier molecular flexibility index (Phi) is 8.25. The summed E-state index contributed by atoms with van der Waals surface area (Å²) < 4.78 is 11.2. The second kappa shape index (κ2) is 11.1. The zero-order chi connectivity index (χ0) is 21.3. The van der Waals surface area contributed by atoms with E-state index in [2.05, 4.69) is 22.3 Å². The number of halogens is 1. The Morgan fingerprint density at radius 3 is 2.63 bits per heavy atom. The number of carbonyl (C=O) groups is 2. The smallest absolute Gasteiger partial charge is 0.308 e. The first kappa shape index (κ1) is 22.3. The van der Waals surface area contributed by atoms with Crippen LogP contribution in [0.15, 0.2) is 54.6 Å². The van der Waals surface area contributed by atoms with Crippen LogP contribution in [0.4, 0.5) is 0 Å². The van der Waals surface area contributed by atoms with Crippen LogP contribution in [0, 0.1) is 0 Å². The predicted octanol–water partition coefficient (Wildman–Crippen LogP) is 3.35. The van der Waals surface area contributed by atoms with Crippen molar-refractivity contribution < 1.29 is 19.1 Å². The van der Waals surface area contributed by atoms with Crippen molar-refractivity contribution in [2.45, 2.75) is 32.0 Å². The average molecular weight is 431 g/mol. The molecule has 1 aliphatic heterocycles. The Balaban J connectivity index is 1.49. The number of carbonyl (C=O) groups excluding carboxylic acids is 2. The molecule has 3 rings (SSSR count). The van der Waals surface area contributed by atoms with Crippen LogP contribution >= 0.6 is 11.6 Å². The highest BCUT2D eigenvalue weighted by Crippen LogP contribution is 2.20. The van der Waals surface area contributed by atoms with Gasteiger partial charge in [-0.25, -0.2) is 0 Å². The van der Waals surface area contributed by atoms with Gasteiger partial charge in [0, 0.05) is 31.6 Å². The molecule has 2 aromatic rings. The summed E-state index contributed by atoms with van der Waals surface area (Å²) in [7, 11) is 0. The number of hydrogen-bond donors (Lipinski definition) is 1. The summed E-state index contributed by atoms with van der Waals surface area (Å²) in [4.78, 5) is 26.3. The molecule has 0 spiro atoms. The number of morpholine rings is 1. The van der Waals surface area contributed by atoms with Crippen LogP contribution in [0.5, 0.6) is 0 Å². The summed E-state index contributed by atoms with van der Waals surface area (Å²) in [5.74, 6) is -0.595. The van der Waals surface area contributed by atoms with Gasteiger partial charge in [-0.05, 0) is 23.3 Å². The topological polar surface area (TPSA) is 67.9 Å². The Bertz CT molecular complexity index is 829. The second-order valence-electron chi connectivity index (χ2n) is 7.41. The minimum atomic E-state index is -0.464. The Hall–Kier alpha value is -2.41. The van der Waals surface area contributed by atoms with Crippen LogP contribution in [0.2, 0.25) is 5.02 Å². The largest absolute Gasteiger partial charge is 0.463 e. The lowest BCUT2D eigenvalue weighted by Crippen LogP contribution is -2.44. The number of esters is 1. The van der Waals surface area contributed by atoms with Crippen molar-refractivity contribution in [3.05, 3.63) is 70.7 Å². The third-order valence-electron chi connectivity index (χ3n) is 4.92. The fraction of sp³-hybridized carbons (Fsp3) is 0.391. The lowest BCUT2D eigenvalue weighted by molar-refractivity contribution is -0.151. The summed E-state index contributed by atoms with van der Waals surface area (Å²) in [5, 5.41) is 3.39. The van der Waals surface area contributed by atoms with Crippen LogP contribution in [0.3, 0.4) is 0 Å². The fourth-order valence-corrected chi connectivity index (χ4v) is 3.60. The predicted molar refractivity (Wildman–Crippen MR) is 115 cm³/mol. The van der Waals surface area contributed by atoms with Gasteiger partial charge in [0.25, 0.3) is 0 Å².